The molecule has 3 rings (SSSR count). The molecular formula is C19H22ClN3O4. The van der Waals surface area contributed by atoms with Crippen molar-refractivity contribution in [3.05, 3.63) is 46.4 Å². The number of benzene rings is 1. The van der Waals surface area contributed by atoms with E-state index in [0.29, 0.717) is 23.1 Å². The molecule has 0 saturated heterocycles. The van der Waals surface area contributed by atoms with Gasteiger partial charge in [0.1, 0.15) is 18.0 Å². The molecule has 0 aliphatic rings. The SMILES string of the molecule is Cc1cc(COc2cc3[nH]c(CNC(=O)OC(C)(C)C)cc3cc2Cl)on1. The maximum absolute atomic E-state index is 11.8. The van der Waals surface area contributed by atoms with Gasteiger partial charge < -0.3 is 24.3 Å². The summed E-state index contributed by atoms with van der Waals surface area (Å²) in [5.74, 6) is 1.16. The zero-order chi connectivity index (χ0) is 19.6. The van der Waals surface area contributed by atoms with Crippen LogP contribution in [0.15, 0.2) is 28.8 Å². The summed E-state index contributed by atoms with van der Waals surface area (Å²) in [6, 6.07) is 7.35. The van der Waals surface area contributed by atoms with E-state index in [2.05, 4.69) is 15.5 Å². The van der Waals surface area contributed by atoms with Crippen LogP contribution in [0.1, 0.15) is 37.9 Å². The second-order valence-corrected chi connectivity index (χ2v) is 7.65. The lowest BCUT2D eigenvalue weighted by Gasteiger charge is -2.19. The fraction of sp³-hybridized carbons (Fsp3) is 0.368. The van der Waals surface area contributed by atoms with E-state index >= 15 is 0 Å². The highest BCUT2D eigenvalue weighted by Gasteiger charge is 2.16. The quantitative estimate of drug-likeness (QED) is 0.656. The summed E-state index contributed by atoms with van der Waals surface area (Å²) in [5, 5.41) is 7.95. The highest BCUT2D eigenvalue weighted by Crippen LogP contribution is 2.31. The lowest BCUT2D eigenvalue weighted by atomic mass is 10.2. The van der Waals surface area contributed by atoms with Crippen LogP contribution in [0.5, 0.6) is 5.75 Å². The minimum atomic E-state index is -0.535. The first-order chi connectivity index (χ1) is 12.7. The highest BCUT2D eigenvalue weighted by atomic mass is 35.5. The maximum atomic E-state index is 11.8. The van der Waals surface area contributed by atoms with Gasteiger partial charge in [0.2, 0.25) is 0 Å². The average molecular weight is 392 g/mol. The maximum Gasteiger partial charge on any atom is 0.407 e. The fourth-order valence-corrected chi connectivity index (χ4v) is 2.74. The van der Waals surface area contributed by atoms with Gasteiger partial charge in [-0.25, -0.2) is 4.79 Å². The molecule has 3 aromatic rings. The molecule has 0 aliphatic carbocycles. The van der Waals surface area contributed by atoms with Crippen LogP contribution in [0.4, 0.5) is 4.79 Å². The monoisotopic (exact) mass is 391 g/mol. The lowest BCUT2D eigenvalue weighted by molar-refractivity contribution is 0.0523. The number of carbonyl (C=O) groups is 1. The first kappa shape index (κ1) is 19.1. The van der Waals surface area contributed by atoms with Crippen LogP contribution < -0.4 is 10.1 Å². The first-order valence-corrected chi connectivity index (χ1v) is 8.90. The summed E-state index contributed by atoms with van der Waals surface area (Å²) in [6.45, 7) is 7.85. The van der Waals surface area contributed by atoms with E-state index in [1.807, 2.05) is 52.0 Å². The lowest BCUT2D eigenvalue weighted by Crippen LogP contribution is -2.32. The van der Waals surface area contributed by atoms with E-state index in [-0.39, 0.29) is 6.61 Å². The van der Waals surface area contributed by atoms with Gasteiger partial charge in [-0.1, -0.05) is 16.8 Å². The minimum Gasteiger partial charge on any atom is -0.484 e. The molecule has 8 heteroatoms. The molecule has 2 aromatic heterocycles. The molecule has 1 amide bonds. The Hall–Kier alpha value is -2.67. The number of fused-ring (bicyclic) bond motifs is 1. The zero-order valence-corrected chi connectivity index (χ0v) is 16.4. The Labute approximate surface area is 162 Å². The summed E-state index contributed by atoms with van der Waals surface area (Å²) in [6.07, 6.45) is -0.467. The number of amides is 1. The Morgan fingerprint density at radius 3 is 2.74 bits per heavy atom. The predicted molar refractivity (Wildman–Crippen MR) is 102 cm³/mol. The second kappa shape index (κ2) is 7.52. The number of alkyl carbamates (subject to hydrolysis) is 1. The second-order valence-electron chi connectivity index (χ2n) is 7.24. The number of carbonyl (C=O) groups excluding carboxylic acids is 1. The van der Waals surface area contributed by atoms with E-state index in [1.165, 1.54) is 0 Å². The normalized spacial score (nSPS) is 11.6. The highest BCUT2D eigenvalue weighted by molar-refractivity contribution is 6.32. The third-order valence-electron chi connectivity index (χ3n) is 3.60. The van der Waals surface area contributed by atoms with Gasteiger partial charge in [0, 0.05) is 28.7 Å². The summed E-state index contributed by atoms with van der Waals surface area (Å²) in [5.41, 5.74) is 1.94. The van der Waals surface area contributed by atoms with Crippen molar-refractivity contribution in [2.75, 3.05) is 0 Å². The topological polar surface area (TPSA) is 89.4 Å². The standard InChI is InChI=1S/C19H22ClN3O4/c1-11-5-14(27-23-11)10-25-17-8-16-12(7-15(17)20)6-13(22-16)9-21-18(24)26-19(2,3)4/h5-8,22H,9-10H2,1-4H3,(H,21,24). The Balaban J connectivity index is 1.67. The van der Waals surface area contributed by atoms with E-state index < -0.39 is 11.7 Å². The molecule has 144 valence electrons. The molecule has 0 unspecified atom stereocenters. The Kier molecular flexibility index (Phi) is 5.32. The number of ether oxygens (including phenoxy) is 2. The number of rotatable bonds is 5. The number of aromatic amines is 1. The van der Waals surface area contributed by atoms with E-state index in [4.69, 9.17) is 25.6 Å². The number of aryl methyl sites for hydroxylation is 1. The molecule has 7 nitrogen and oxygen atoms in total. The van der Waals surface area contributed by atoms with E-state index in [1.54, 1.807) is 0 Å². The number of H-pyrrole nitrogens is 1. The van der Waals surface area contributed by atoms with Gasteiger partial charge in [-0.2, -0.15) is 0 Å². The van der Waals surface area contributed by atoms with Crippen molar-refractivity contribution in [1.29, 1.82) is 0 Å². The van der Waals surface area contributed by atoms with Gasteiger partial charge in [0.25, 0.3) is 0 Å². The van der Waals surface area contributed by atoms with Crippen LogP contribution in [-0.2, 0) is 17.9 Å². The molecule has 0 saturated carbocycles. The van der Waals surface area contributed by atoms with Crippen molar-refractivity contribution in [3.8, 4) is 5.75 Å². The molecule has 0 fully saturated rings. The predicted octanol–water partition coefficient (Wildman–Crippen LogP) is 4.72. The van der Waals surface area contributed by atoms with E-state index in [9.17, 15) is 4.79 Å². The van der Waals surface area contributed by atoms with Crippen molar-refractivity contribution in [1.82, 2.24) is 15.5 Å². The van der Waals surface area contributed by atoms with Crippen LogP contribution >= 0.6 is 11.6 Å². The van der Waals surface area contributed by atoms with Gasteiger partial charge in [-0.3, -0.25) is 0 Å². The number of nitrogens with one attached hydrogen (secondary N) is 2. The molecule has 0 spiro atoms. The molecule has 0 atom stereocenters. The third-order valence-corrected chi connectivity index (χ3v) is 3.89. The fourth-order valence-electron chi connectivity index (χ4n) is 2.51. The van der Waals surface area contributed by atoms with Gasteiger partial charge >= 0.3 is 6.09 Å². The van der Waals surface area contributed by atoms with Crippen LogP contribution in [0, 0.1) is 6.92 Å². The van der Waals surface area contributed by atoms with Crippen molar-refractivity contribution >= 4 is 28.6 Å². The number of halogens is 1. The summed E-state index contributed by atoms with van der Waals surface area (Å²) < 4.78 is 16.1. The summed E-state index contributed by atoms with van der Waals surface area (Å²) >= 11 is 6.31. The molecule has 2 N–H and O–H groups in total. The summed E-state index contributed by atoms with van der Waals surface area (Å²) in [7, 11) is 0. The van der Waals surface area contributed by atoms with E-state index in [0.717, 1.165) is 22.3 Å². The van der Waals surface area contributed by atoms with Crippen molar-refractivity contribution in [2.45, 2.75) is 46.4 Å². The van der Waals surface area contributed by atoms with Crippen molar-refractivity contribution < 1.29 is 18.8 Å². The Bertz CT molecular complexity index is 956. The van der Waals surface area contributed by atoms with Crippen LogP contribution in [0.3, 0.4) is 0 Å². The van der Waals surface area contributed by atoms with Crippen molar-refractivity contribution in [3.63, 3.8) is 0 Å². The van der Waals surface area contributed by atoms with Gasteiger partial charge in [-0.05, 0) is 39.8 Å². The molecule has 1 aromatic carbocycles. The molecule has 27 heavy (non-hydrogen) atoms. The third kappa shape index (κ3) is 5.17. The number of aromatic nitrogens is 2. The average Bonchev–Trinajstić information content (AvgIpc) is 3.14. The number of hydrogen-bond acceptors (Lipinski definition) is 5. The smallest absolute Gasteiger partial charge is 0.407 e. The number of hydrogen-bond donors (Lipinski definition) is 2. The molecule has 0 aliphatic heterocycles. The van der Waals surface area contributed by atoms with Crippen LogP contribution in [0.2, 0.25) is 5.02 Å². The zero-order valence-electron chi connectivity index (χ0n) is 15.7. The number of nitrogens with zero attached hydrogens (tertiary/aromatic N) is 1. The molecule has 0 radical (unpaired) electrons. The van der Waals surface area contributed by atoms with Crippen LogP contribution in [-0.4, -0.2) is 21.8 Å². The largest absolute Gasteiger partial charge is 0.484 e. The van der Waals surface area contributed by atoms with Crippen LogP contribution in [0.25, 0.3) is 10.9 Å². The van der Waals surface area contributed by atoms with Gasteiger partial charge in [0.05, 0.1) is 17.3 Å². The minimum absolute atomic E-state index is 0.236. The molecule has 2 heterocycles. The first-order valence-electron chi connectivity index (χ1n) is 8.52. The molecular weight excluding hydrogens is 370 g/mol. The Morgan fingerprint density at radius 2 is 2.07 bits per heavy atom. The Morgan fingerprint density at radius 1 is 1.30 bits per heavy atom. The molecule has 0 bridgehead atoms. The van der Waals surface area contributed by atoms with Gasteiger partial charge in [-0.15, -0.1) is 0 Å². The van der Waals surface area contributed by atoms with Crippen molar-refractivity contribution in [2.24, 2.45) is 0 Å². The van der Waals surface area contributed by atoms with Gasteiger partial charge in [0.15, 0.2) is 5.76 Å². The summed E-state index contributed by atoms with van der Waals surface area (Å²) in [4.78, 5) is 15.0.